The maximum Gasteiger partial charge on any atom is 0.148 e. The Kier molecular flexibility index (Phi) is 4.77. The van der Waals surface area contributed by atoms with E-state index in [2.05, 4.69) is 34.1 Å². The normalized spacial score (nSPS) is 22.9. The average Bonchev–Trinajstić information content (AvgIpc) is 2.46. The monoisotopic (exact) mass is 279 g/mol. The number of nitrogens with one attached hydrogen (secondary N) is 1. The molecule has 20 heavy (non-hydrogen) atoms. The molecular formula is C14H25N5O. The Hall–Kier alpha value is -1.40. The van der Waals surface area contributed by atoms with E-state index in [0.717, 1.165) is 37.1 Å². The number of nitrogens with zero attached hydrogens (tertiary/aromatic N) is 3. The molecule has 0 aromatic carbocycles. The van der Waals surface area contributed by atoms with E-state index in [9.17, 15) is 5.11 Å². The maximum absolute atomic E-state index is 10.2. The van der Waals surface area contributed by atoms with Crippen LogP contribution < -0.4 is 16.2 Å². The van der Waals surface area contributed by atoms with E-state index >= 15 is 0 Å². The lowest BCUT2D eigenvalue weighted by atomic mass is 9.91. The van der Waals surface area contributed by atoms with Crippen LogP contribution in [0.5, 0.6) is 0 Å². The molecule has 1 heterocycles. The van der Waals surface area contributed by atoms with Crippen molar-refractivity contribution in [3.8, 4) is 0 Å². The molecule has 0 spiro atoms. The molecule has 0 radical (unpaired) electrons. The number of aliphatic hydroxyl groups is 1. The number of aliphatic hydroxyl groups excluding tert-OH is 1. The van der Waals surface area contributed by atoms with Crippen molar-refractivity contribution >= 4 is 11.6 Å². The van der Waals surface area contributed by atoms with Crippen molar-refractivity contribution in [2.24, 2.45) is 5.84 Å². The van der Waals surface area contributed by atoms with Gasteiger partial charge in [0, 0.05) is 12.6 Å². The van der Waals surface area contributed by atoms with Crippen LogP contribution in [0.3, 0.4) is 0 Å². The summed E-state index contributed by atoms with van der Waals surface area (Å²) in [7, 11) is 1.99. The second-order valence-electron chi connectivity index (χ2n) is 5.79. The summed E-state index contributed by atoms with van der Waals surface area (Å²) in [5, 5.41) is 10.2. The number of anilines is 2. The van der Waals surface area contributed by atoms with E-state index in [0.29, 0.717) is 5.82 Å². The highest BCUT2D eigenvalue weighted by Gasteiger charge is 2.29. The van der Waals surface area contributed by atoms with Crippen molar-refractivity contribution in [3.05, 3.63) is 11.9 Å². The molecular weight excluding hydrogens is 254 g/mol. The summed E-state index contributed by atoms with van der Waals surface area (Å²) < 4.78 is 0. The summed E-state index contributed by atoms with van der Waals surface area (Å²) in [4.78, 5) is 10.7. The third kappa shape index (κ3) is 2.86. The number of nitrogens with two attached hydrogens (primary N) is 1. The van der Waals surface area contributed by atoms with E-state index in [1.807, 2.05) is 7.05 Å². The minimum absolute atomic E-state index is 0.113. The Morgan fingerprint density at radius 2 is 2.05 bits per heavy atom. The van der Waals surface area contributed by atoms with Gasteiger partial charge < -0.3 is 15.4 Å². The van der Waals surface area contributed by atoms with Crippen LogP contribution in [0.15, 0.2) is 6.33 Å². The van der Waals surface area contributed by atoms with Gasteiger partial charge in [-0.05, 0) is 18.8 Å². The highest BCUT2D eigenvalue weighted by atomic mass is 16.3. The van der Waals surface area contributed by atoms with Gasteiger partial charge in [0.25, 0.3) is 0 Å². The van der Waals surface area contributed by atoms with Crippen molar-refractivity contribution in [3.63, 3.8) is 0 Å². The molecule has 1 saturated carbocycles. The predicted molar refractivity (Wildman–Crippen MR) is 80.6 cm³/mol. The van der Waals surface area contributed by atoms with Crippen LogP contribution in [0.25, 0.3) is 0 Å². The maximum atomic E-state index is 10.2. The third-order valence-electron chi connectivity index (χ3n) is 4.10. The molecule has 1 aromatic heterocycles. The van der Waals surface area contributed by atoms with Crippen molar-refractivity contribution in [1.29, 1.82) is 0 Å². The van der Waals surface area contributed by atoms with E-state index in [1.54, 1.807) is 0 Å². The predicted octanol–water partition coefficient (Wildman–Crippen LogP) is 1.63. The van der Waals surface area contributed by atoms with Gasteiger partial charge in [-0.1, -0.05) is 26.7 Å². The molecule has 2 unspecified atom stereocenters. The fourth-order valence-electron chi connectivity index (χ4n) is 3.01. The molecule has 6 nitrogen and oxygen atoms in total. The molecule has 6 heteroatoms. The minimum Gasteiger partial charge on any atom is -0.391 e. The summed E-state index contributed by atoms with van der Waals surface area (Å²) in [6, 6.07) is 0.113. The molecule has 0 saturated heterocycles. The largest absolute Gasteiger partial charge is 0.391 e. The number of nitrogen functional groups attached to an aromatic ring is 1. The molecule has 1 aliphatic rings. The topological polar surface area (TPSA) is 87.3 Å². The first-order valence-corrected chi connectivity index (χ1v) is 7.28. The Bertz CT molecular complexity index is 451. The lowest BCUT2D eigenvalue weighted by Crippen LogP contribution is -2.44. The molecule has 1 aromatic rings. The first kappa shape index (κ1) is 15.0. The Balaban J connectivity index is 2.35. The lowest BCUT2D eigenvalue weighted by Gasteiger charge is -2.37. The zero-order valence-corrected chi connectivity index (χ0v) is 12.5. The first-order chi connectivity index (χ1) is 9.56. The summed E-state index contributed by atoms with van der Waals surface area (Å²) in [6.07, 6.45) is 5.32. The zero-order valence-electron chi connectivity index (χ0n) is 12.5. The Morgan fingerprint density at radius 3 is 2.65 bits per heavy atom. The number of hydrogen-bond acceptors (Lipinski definition) is 6. The number of rotatable bonds is 4. The average molecular weight is 279 g/mol. The number of aromatic nitrogens is 2. The van der Waals surface area contributed by atoms with Gasteiger partial charge in [0.1, 0.15) is 18.0 Å². The second kappa shape index (κ2) is 6.37. The fraction of sp³-hybridized carbons (Fsp3) is 0.714. The highest BCUT2D eigenvalue weighted by Crippen LogP contribution is 2.33. The molecule has 0 bridgehead atoms. The molecule has 0 aliphatic heterocycles. The van der Waals surface area contributed by atoms with Crippen LogP contribution in [0.4, 0.5) is 11.6 Å². The second-order valence-corrected chi connectivity index (χ2v) is 5.79. The minimum atomic E-state index is -0.294. The zero-order chi connectivity index (χ0) is 14.7. The van der Waals surface area contributed by atoms with Crippen LogP contribution in [-0.2, 0) is 0 Å². The van der Waals surface area contributed by atoms with Crippen LogP contribution in [0.1, 0.15) is 51.0 Å². The fourth-order valence-corrected chi connectivity index (χ4v) is 3.01. The van der Waals surface area contributed by atoms with Crippen LogP contribution >= 0.6 is 0 Å². The quantitative estimate of drug-likeness (QED) is 0.573. The Labute approximate surface area is 120 Å². The van der Waals surface area contributed by atoms with Gasteiger partial charge in [0.15, 0.2) is 0 Å². The molecule has 112 valence electrons. The summed E-state index contributed by atoms with van der Waals surface area (Å²) in [5.74, 6) is 7.32. The van der Waals surface area contributed by atoms with Crippen LogP contribution in [0, 0.1) is 0 Å². The van der Waals surface area contributed by atoms with Crippen LogP contribution in [0.2, 0.25) is 0 Å². The van der Waals surface area contributed by atoms with Crippen molar-refractivity contribution in [2.45, 2.75) is 57.6 Å². The van der Waals surface area contributed by atoms with E-state index < -0.39 is 0 Å². The van der Waals surface area contributed by atoms with Crippen molar-refractivity contribution in [2.75, 3.05) is 17.4 Å². The molecule has 4 N–H and O–H groups in total. The summed E-state index contributed by atoms with van der Waals surface area (Å²) in [6.45, 7) is 4.18. The van der Waals surface area contributed by atoms with Gasteiger partial charge in [-0.15, -0.1) is 0 Å². The van der Waals surface area contributed by atoms with Gasteiger partial charge in [-0.25, -0.2) is 15.8 Å². The smallest absolute Gasteiger partial charge is 0.148 e. The third-order valence-corrected chi connectivity index (χ3v) is 4.10. The van der Waals surface area contributed by atoms with Gasteiger partial charge in [0.2, 0.25) is 0 Å². The number of hydrogen-bond donors (Lipinski definition) is 3. The summed E-state index contributed by atoms with van der Waals surface area (Å²) in [5.41, 5.74) is 3.64. The summed E-state index contributed by atoms with van der Waals surface area (Å²) >= 11 is 0. The van der Waals surface area contributed by atoms with Crippen molar-refractivity contribution < 1.29 is 5.11 Å². The van der Waals surface area contributed by atoms with Gasteiger partial charge in [-0.3, -0.25) is 0 Å². The number of hydrazine groups is 1. The van der Waals surface area contributed by atoms with Gasteiger partial charge in [-0.2, -0.15) is 0 Å². The lowest BCUT2D eigenvalue weighted by molar-refractivity contribution is 0.106. The van der Waals surface area contributed by atoms with E-state index in [4.69, 9.17) is 5.84 Å². The van der Waals surface area contributed by atoms with Gasteiger partial charge >= 0.3 is 0 Å². The Morgan fingerprint density at radius 1 is 1.35 bits per heavy atom. The van der Waals surface area contributed by atoms with E-state index in [-0.39, 0.29) is 18.1 Å². The van der Waals surface area contributed by atoms with E-state index in [1.165, 1.54) is 6.33 Å². The van der Waals surface area contributed by atoms with Crippen LogP contribution in [-0.4, -0.2) is 34.3 Å². The SMILES string of the molecule is CC(C)c1c(NN)ncnc1N(C)C1CCCCC1O. The van der Waals surface area contributed by atoms with Crippen molar-refractivity contribution in [1.82, 2.24) is 9.97 Å². The standard InChI is InChI=1S/C14H25N5O/c1-9(2)12-13(18-15)16-8-17-14(12)19(3)10-6-4-5-7-11(10)20/h8-11,20H,4-7,15H2,1-3H3,(H,16,17,18). The highest BCUT2D eigenvalue weighted by molar-refractivity contribution is 5.60. The molecule has 1 fully saturated rings. The molecule has 1 aliphatic carbocycles. The molecule has 2 atom stereocenters. The first-order valence-electron chi connectivity index (χ1n) is 7.28. The van der Waals surface area contributed by atoms with Gasteiger partial charge in [0.05, 0.1) is 12.1 Å². The molecule has 0 amide bonds. The number of likely N-dealkylation sites (N-methyl/N-ethyl adjacent to an activating group) is 1. The molecule has 2 rings (SSSR count).